The number of hydrazine groups is 1. The maximum Gasteiger partial charge on any atom is 0.481 e. The van der Waals surface area contributed by atoms with Crippen LogP contribution in [0.3, 0.4) is 0 Å². The van der Waals surface area contributed by atoms with Crippen LogP contribution in [-0.4, -0.2) is 84.7 Å². The molecule has 5 rings (SSSR count). The zero-order valence-corrected chi connectivity index (χ0v) is 30.3. The third kappa shape index (κ3) is 9.83. The topological polar surface area (TPSA) is 173 Å². The molecule has 0 aromatic heterocycles. The lowest BCUT2D eigenvalue weighted by molar-refractivity contribution is -0.525. The Kier molecular flexibility index (Phi) is 13.6. The minimum atomic E-state index is -0.792. The molecule has 5 aliphatic rings. The predicted molar refractivity (Wildman–Crippen MR) is 187 cm³/mol. The lowest BCUT2D eigenvalue weighted by Crippen LogP contribution is -2.65. The number of nitro groups is 1. The third-order valence-electron chi connectivity index (χ3n) is 11.7. The maximum absolute atomic E-state index is 13.9. The molecule has 272 valence electrons. The average Bonchev–Trinajstić information content (AvgIpc) is 3.38. The molecule has 3 saturated carbocycles. The molecule has 0 aromatic rings. The SMILES string of the molecule is CCCCN1CCC(CCCC(=O)N[C@@H](CCCN=C(N)N[N+](=O)[O-])C(=O)N[C@@H](CC(C)C)B2O[C@@H]3C[C@@H]4C[C@@H](C4(C)C)[C@]3(C)O2)CC1. The van der Waals surface area contributed by atoms with Crippen molar-refractivity contribution in [3.05, 3.63) is 10.1 Å². The highest BCUT2D eigenvalue weighted by atomic mass is 16.7. The van der Waals surface area contributed by atoms with E-state index in [4.69, 9.17) is 15.0 Å². The molecule has 2 saturated heterocycles. The van der Waals surface area contributed by atoms with Crippen LogP contribution in [0.15, 0.2) is 4.99 Å². The highest BCUT2D eigenvalue weighted by Gasteiger charge is 2.68. The van der Waals surface area contributed by atoms with Crippen molar-refractivity contribution in [3.8, 4) is 0 Å². The first-order valence-corrected chi connectivity index (χ1v) is 18.6. The zero-order chi connectivity index (χ0) is 35.1. The maximum atomic E-state index is 13.9. The van der Waals surface area contributed by atoms with Gasteiger partial charge in [0, 0.05) is 13.0 Å². The van der Waals surface area contributed by atoms with Gasteiger partial charge in [-0.2, -0.15) is 0 Å². The first kappa shape index (κ1) is 38.4. The van der Waals surface area contributed by atoms with Gasteiger partial charge in [0.25, 0.3) is 5.96 Å². The van der Waals surface area contributed by atoms with Crippen LogP contribution in [-0.2, 0) is 18.9 Å². The highest BCUT2D eigenvalue weighted by molar-refractivity contribution is 6.48. The van der Waals surface area contributed by atoms with E-state index in [0.717, 1.165) is 38.8 Å². The number of rotatable bonds is 18. The molecule has 14 heteroatoms. The van der Waals surface area contributed by atoms with E-state index in [9.17, 15) is 19.7 Å². The number of hydrogen-bond donors (Lipinski definition) is 4. The van der Waals surface area contributed by atoms with Crippen LogP contribution in [0.25, 0.3) is 0 Å². The average molecular weight is 676 g/mol. The van der Waals surface area contributed by atoms with Gasteiger partial charge in [0.15, 0.2) is 5.03 Å². The van der Waals surface area contributed by atoms with E-state index in [1.54, 1.807) is 0 Å². The Morgan fingerprint density at radius 2 is 1.85 bits per heavy atom. The summed E-state index contributed by atoms with van der Waals surface area (Å²) in [4.78, 5) is 44.3. The quantitative estimate of drug-likeness (QED) is 0.0421. The Hall–Kier alpha value is -2.45. The molecule has 6 atom stereocenters. The number of carbonyl (C=O) groups is 2. The van der Waals surface area contributed by atoms with Gasteiger partial charge >= 0.3 is 7.12 Å². The second-order valence-corrected chi connectivity index (χ2v) is 16.0. The number of hydrogen-bond acceptors (Lipinski definition) is 8. The van der Waals surface area contributed by atoms with Gasteiger partial charge in [-0.05, 0) is 120 Å². The van der Waals surface area contributed by atoms with Gasteiger partial charge in [0.2, 0.25) is 11.8 Å². The van der Waals surface area contributed by atoms with Crippen molar-refractivity contribution in [1.29, 1.82) is 0 Å². The number of piperidine rings is 1. The second kappa shape index (κ2) is 17.0. The fourth-order valence-corrected chi connectivity index (χ4v) is 8.69. The molecule has 0 spiro atoms. The van der Waals surface area contributed by atoms with Gasteiger partial charge in [-0.3, -0.25) is 9.59 Å². The lowest BCUT2D eigenvalue weighted by atomic mass is 9.43. The molecule has 2 heterocycles. The second-order valence-electron chi connectivity index (χ2n) is 16.0. The number of unbranched alkanes of at least 4 members (excludes halogenated alkanes) is 1. The molecule has 0 radical (unpaired) electrons. The van der Waals surface area contributed by atoms with Crippen LogP contribution in [0.4, 0.5) is 0 Å². The molecular formula is C34H62BN7O6. The summed E-state index contributed by atoms with van der Waals surface area (Å²) >= 11 is 0. The van der Waals surface area contributed by atoms with E-state index < -0.39 is 23.8 Å². The Labute approximate surface area is 287 Å². The predicted octanol–water partition coefficient (Wildman–Crippen LogP) is 3.83. The van der Waals surface area contributed by atoms with Gasteiger partial charge in [-0.25, -0.2) is 15.1 Å². The number of nitrogens with two attached hydrogens (primary N) is 1. The molecule has 0 aromatic carbocycles. The molecule has 3 aliphatic carbocycles. The van der Waals surface area contributed by atoms with Gasteiger partial charge in [0.1, 0.15) is 6.04 Å². The molecule has 5 N–H and O–H groups in total. The minimum absolute atomic E-state index is 0.000937. The fourth-order valence-electron chi connectivity index (χ4n) is 8.69. The molecule has 5 fully saturated rings. The van der Waals surface area contributed by atoms with Crippen molar-refractivity contribution in [2.24, 2.45) is 39.8 Å². The lowest BCUT2D eigenvalue weighted by Gasteiger charge is -2.64. The van der Waals surface area contributed by atoms with Crippen molar-refractivity contribution >= 4 is 24.9 Å². The Morgan fingerprint density at radius 1 is 1.12 bits per heavy atom. The van der Waals surface area contributed by atoms with Gasteiger partial charge in [-0.1, -0.05) is 46.5 Å². The van der Waals surface area contributed by atoms with Crippen molar-refractivity contribution in [3.63, 3.8) is 0 Å². The number of nitrogens with one attached hydrogen (secondary N) is 3. The van der Waals surface area contributed by atoms with Crippen molar-refractivity contribution in [2.45, 2.75) is 142 Å². The third-order valence-corrected chi connectivity index (χ3v) is 11.7. The number of aliphatic imine (C=N–C) groups is 1. The van der Waals surface area contributed by atoms with E-state index in [1.165, 1.54) is 32.2 Å². The minimum Gasteiger partial charge on any atom is -0.404 e. The number of amides is 2. The molecule has 2 aliphatic heterocycles. The summed E-state index contributed by atoms with van der Waals surface area (Å²) in [5.74, 6) is 0.834. The summed E-state index contributed by atoms with van der Waals surface area (Å²) in [6, 6.07) is -0.792. The van der Waals surface area contributed by atoms with Gasteiger partial charge in [0.05, 0.1) is 17.6 Å². The molecular weight excluding hydrogens is 613 g/mol. The fraction of sp³-hybridized carbons (Fsp3) is 0.912. The first-order valence-electron chi connectivity index (χ1n) is 18.6. The summed E-state index contributed by atoms with van der Waals surface area (Å²) in [6.45, 7) is 16.9. The van der Waals surface area contributed by atoms with Crippen LogP contribution in [0, 0.1) is 39.2 Å². The highest BCUT2D eigenvalue weighted by Crippen LogP contribution is 2.65. The van der Waals surface area contributed by atoms with Crippen molar-refractivity contribution < 1.29 is 23.9 Å². The number of guanidine groups is 1. The van der Waals surface area contributed by atoms with Crippen LogP contribution >= 0.6 is 0 Å². The van der Waals surface area contributed by atoms with E-state index >= 15 is 0 Å². The first-order chi connectivity index (χ1) is 22.7. The van der Waals surface area contributed by atoms with E-state index in [0.29, 0.717) is 43.4 Å². The summed E-state index contributed by atoms with van der Waals surface area (Å²) in [5.41, 5.74) is 7.22. The van der Waals surface area contributed by atoms with Gasteiger partial charge in [-0.15, -0.1) is 0 Å². The van der Waals surface area contributed by atoms with Crippen LogP contribution < -0.4 is 21.8 Å². The Bertz CT molecular complexity index is 1130. The van der Waals surface area contributed by atoms with Crippen molar-refractivity contribution in [1.82, 2.24) is 21.0 Å². The molecule has 2 amide bonds. The number of nitrogens with zero attached hydrogens (tertiary/aromatic N) is 3. The Morgan fingerprint density at radius 3 is 2.50 bits per heavy atom. The largest absolute Gasteiger partial charge is 0.481 e. The van der Waals surface area contributed by atoms with Gasteiger partial charge < -0.3 is 30.6 Å². The summed E-state index contributed by atoms with van der Waals surface area (Å²) in [6.07, 6.45) is 10.4. The zero-order valence-electron chi connectivity index (χ0n) is 30.3. The monoisotopic (exact) mass is 675 g/mol. The van der Waals surface area contributed by atoms with E-state index in [1.807, 2.05) is 5.43 Å². The van der Waals surface area contributed by atoms with Crippen LogP contribution in [0.2, 0.25) is 0 Å². The number of likely N-dealkylation sites (tertiary alicyclic amines) is 1. The van der Waals surface area contributed by atoms with Crippen molar-refractivity contribution in [2.75, 3.05) is 26.2 Å². The normalized spacial score (nSPS) is 28.4. The smallest absolute Gasteiger partial charge is 0.404 e. The summed E-state index contributed by atoms with van der Waals surface area (Å²) in [5, 5.41) is 16.1. The number of carbonyl (C=O) groups excluding carboxylic acids is 2. The van der Waals surface area contributed by atoms with E-state index in [-0.39, 0.29) is 47.7 Å². The molecule has 0 unspecified atom stereocenters. The Balaban J connectivity index is 1.34. The summed E-state index contributed by atoms with van der Waals surface area (Å²) in [7, 11) is -0.566. The molecule has 2 bridgehead atoms. The van der Waals surface area contributed by atoms with Crippen LogP contribution in [0.5, 0.6) is 0 Å². The standard InChI is InChI=1S/C34H62BN7O6/c1-7-8-17-41-18-14-24(15-19-41)11-9-13-30(43)38-26(12-10-16-37-32(36)40-42(45)46)31(44)39-29(20-23(2)3)35-47-28-22-25-21-27(33(25,4)5)34(28,6)48-35/h23-29H,7-22H2,1-6H3,(H,38,43)(H,39,44)(H3,36,37,40)/t25-,26-,27-,28+,29-,34-/m0/s1. The van der Waals surface area contributed by atoms with E-state index in [2.05, 4.69) is 62.1 Å². The molecule has 48 heavy (non-hydrogen) atoms. The summed E-state index contributed by atoms with van der Waals surface area (Å²) < 4.78 is 13.3. The molecule has 13 nitrogen and oxygen atoms in total. The van der Waals surface area contributed by atoms with Crippen LogP contribution in [0.1, 0.15) is 119 Å².